The third-order valence-corrected chi connectivity index (χ3v) is 3.48. The summed E-state index contributed by atoms with van der Waals surface area (Å²) in [5, 5.41) is 3.33. The first-order valence-electron chi connectivity index (χ1n) is 6.49. The molecule has 0 amide bonds. The molecule has 0 fully saturated rings. The van der Waals surface area contributed by atoms with Crippen molar-refractivity contribution in [1.82, 2.24) is 4.98 Å². The van der Waals surface area contributed by atoms with Crippen molar-refractivity contribution < 1.29 is 9.53 Å². The summed E-state index contributed by atoms with van der Waals surface area (Å²) in [5.74, 6) is 0.369. The van der Waals surface area contributed by atoms with E-state index in [-0.39, 0.29) is 5.97 Å². The molecule has 0 atom stereocenters. The number of carbonyl (C=O) groups is 1. The molecule has 18 heavy (non-hydrogen) atoms. The highest BCUT2D eigenvalue weighted by atomic mass is 16.6. The number of fused-ring (bicyclic) bond motifs is 1. The fourth-order valence-electron chi connectivity index (χ4n) is 2.30. The Kier molecular flexibility index (Phi) is 3.28. The number of carbonyl (C=O) groups excluding carboxylic acids is 1. The molecule has 1 aliphatic rings. The maximum atomic E-state index is 12.0. The van der Waals surface area contributed by atoms with Crippen LogP contribution < -0.4 is 5.32 Å². The Morgan fingerprint density at radius 1 is 1.39 bits per heavy atom. The molecule has 0 unspecified atom stereocenters. The summed E-state index contributed by atoms with van der Waals surface area (Å²) in [7, 11) is 0. The van der Waals surface area contributed by atoms with E-state index >= 15 is 0 Å². The van der Waals surface area contributed by atoms with Gasteiger partial charge in [-0.1, -0.05) is 13.8 Å². The Morgan fingerprint density at radius 3 is 2.67 bits per heavy atom. The molecule has 98 valence electrons. The van der Waals surface area contributed by atoms with Crippen molar-refractivity contribution >= 4 is 11.8 Å². The molecule has 2 rings (SSSR count). The van der Waals surface area contributed by atoms with E-state index in [0.29, 0.717) is 17.4 Å². The largest absolute Gasteiger partial charge is 0.451 e. The predicted octanol–water partition coefficient (Wildman–Crippen LogP) is 3.09. The number of pyridine rings is 1. The van der Waals surface area contributed by atoms with Gasteiger partial charge in [0.1, 0.15) is 17.0 Å². The van der Waals surface area contributed by atoms with Crippen molar-refractivity contribution in [3.05, 3.63) is 23.4 Å². The first kappa shape index (κ1) is 12.9. The summed E-state index contributed by atoms with van der Waals surface area (Å²) in [6.07, 6.45) is 3.73. The number of ether oxygens (including phenoxy) is 1. The smallest absolute Gasteiger partial charge is 0.343 e. The zero-order valence-corrected chi connectivity index (χ0v) is 11.4. The summed E-state index contributed by atoms with van der Waals surface area (Å²) in [6, 6.07) is 2.19. The van der Waals surface area contributed by atoms with E-state index in [0.717, 1.165) is 18.4 Å². The van der Waals surface area contributed by atoms with Crippen LogP contribution in [0.1, 0.15) is 56.5 Å². The van der Waals surface area contributed by atoms with Gasteiger partial charge in [-0.15, -0.1) is 0 Å². The predicted molar refractivity (Wildman–Crippen MR) is 70.7 cm³/mol. The number of rotatable bonds is 4. The van der Waals surface area contributed by atoms with E-state index < -0.39 is 5.60 Å². The third-order valence-electron chi connectivity index (χ3n) is 3.48. The fraction of sp³-hybridized carbons (Fsp3) is 0.571. The second kappa shape index (κ2) is 4.59. The Hall–Kier alpha value is -1.58. The van der Waals surface area contributed by atoms with Gasteiger partial charge in [-0.25, -0.2) is 9.78 Å². The summed E-state index contributed by atoms with van der Waals surface area (Å²) in [4.78, 5) is 16.2. The number of cyclic esters (lactones) is 1. The van der Waals surface area contributed by atoms with Gasteiger partial charge in [0.05, 0.1) is 0 Å². The zero-order chi connectivity index (χ0) is 13.3. The van der Waals surface area contributed by atoms with Crippen molar-refractivity contribution in [2.24, 2.45) is 0 Å². The molecule has 0 bridgehead atoms. The van der Waals surface area contributed by atoms with E-state index in [2.05, 4.69) is 24.1 Å². The summed E-state index contributed by atoms with van der Waals surface area (Å²) in [6.45, 7) is 8.04. The summed E-state index contributed by atoms with van der Waals surface area (Å²) < 4.78 is 5.39. The number of anilines is 1. The topological polar surface area (TPSA) is 51.2 Å². The Morgan fingerprint density at radius 2 is 2.06 bits per heavy atom. The molecule has 0 saturated heterocycles. The van der Waals surface area contributed by atoms with Gasteiger partial charge >= 0.3 is 5.97 Å². The molecule has 1 aliphatic heterocycles. The average molecular weight is 248 g/mol. The van der Waals surface area contributed by atoms with Crippen LogP contribution >= 0.6 is 0 Å². The minimum absolute atomic E-state index is 0.281. The Balaban J connectivity index is 2.40. The first-order chi connectivity index (χ1) is 8.49. The molecule has 0 radical (unpaired) electrons. The van der Waals surface area contributed by atoms with Crippen molar-refractivity contribution in [2.75, 3.05) is 5.32 Å². The zero-order valence-electron chi connectivity index (χ0n) is 11.4. The maximum Gasteiger partial charge on any atom is 0.343 e. The van der Waals surface area contributed by atoms with E-state index in [9.17, 15) is 4.79 Å². The lowest BCUT2D eigenvalue weighted by atomic mass is 9.97. The average Bonchev–Trinajstić information content (AvgIpc) is 2.57. The van der Waals surface area contributed by atoms with E-state index in [4.69, 9.17) is 4.74 Å². The lowest BCUT2D eigenvalue weighted by Crippen LogP contribution is -2.20. The number of hydrogen-bond donors (Lipinski definition) is 1. The van der Waals surface area contributed by atoms with Gasteiger partial charge in [0.15, 0.2) is 0 Å². The number of nitrogens with one attached hydrogen (secondary N) is 1. The van der Waals surface area contributed by atoms with Gasteiger partial charge in [-0.05, 0) is 32.8 Å². The first-order valence-corrected chi connectivity index (χ1v) is 6.49. The molecule has 1 aromatic rings. The van der Waals surface area contributed by atoms with Gasteiger partial charge in [-0.2, -0.15) is 0 Å². The van der Waals surface area contributed by atoms with Crippen LogP contribution in [0.3, 0.4) is 0 Å². The highest BCUT2D eigenvalue weighted by Gasteiger charge is 2.40. The number of aromatic nitrogens is 1. The normalized spacial score (nSPS) is 16.6. The summed E-state index contributed by atoms with van der Waals surface area (Å²) >= 11 is 0. The van der Waals surface area contributed by atoms with Crippen LogP contribution in [-0.2, 0) is 10.3 Å². The molecule has 1 aromatic heterocycles. The minimum atomic E-state index is -0.556. The van der Waals surface area contributed by atoms with Crippen LogP contribution in [0.5, 0.6) is 0 Å². The molecule has 0 saturated carbocycles. The molecule has 4 heteroatoms. The van der Waals surface area contributed by atoms with Gasteiger partial charge in [0.2, 0.25) is 0 Å². The van der Waals surface area contributed by atoms with E-state index in [1.807, 2.05) is 19.9 Å². The Labute approximate surface area is 108 Å². The molecular formula is C14H20N2O2. The fourth-order valence-corrected chi connectivity index (χ4v) is 2.30. The number of hydrogen-bond acceptors (Lipinski definition) is 4. The van der Waals surface area contributed by atoms with Gasteiger partial charge in [-0.3, -0.25) is 0 Å². The van der Waals surface area contributed by atoms with Crippen molar-refractivity contribution in [3.63, 3.8) is 0 Å². The standard InChI is InChI=1S/C14H20N2O2/c1-5-9(6-2)16-12-11-10(7-8-15-12)14(3,4)18-13(11)17/h7-9H,5-6H2,1-4H3,(H,15,16). The SMILES string of the molecule is CCC(CC)Nc1nccc2c1C(=O)OC2(C)C. The van der Waals surface area contributed by atoms with Gasteiger partial charge in [0, 0.05) is 17.8 Å². The van der Waals surface area contributed by atoms with Gasteiger partial charge in [0.25, 0.3) is 0 Å². The lowest BCUT2D eigenvalue weighted by Gasteiger charge is -2.18. The van der Waals surface area contributed by atoms with Crippen molar-refractivity contribution in [1.29, 1.82) is 0 Å². The molecular weight excluding hydrogens is 228 g/mol. The second-order valence-electron chi connectivity index (χ2n) is 5.14. The van der Waals surface area contributed by atoms with Crippen molar-refractivity contribution in [3.8, 4) is 0 Å². The van der Waals surface area contributed by atoms with Crippen LogP contribution in [0.4, 0.5) is 5.82 Å². The number of esters is 1. The molecule has 0 aromatic carbocycles. The molecule has 4 nitrogen and oxygen atoms in total. The molecule has 0 aliphatic carbocycles. The Bertz CT molecular complexity index is 465. The minimum Gasteiger partial charge on any atom is -0.451 e. The highest BCUT2D eigenvalue weighted by Crippen LogP contribution is 2.38. The highest BCUT2D eigenvalue weighted by molar-refractivity contribution is 5.99. The molecule has 2 heterocycles. The lowest BCUT2D eigenvalue weighted by molar-refractivity contribution is 0.00958. The number of nitrogens with zero attached hydrogens (tertiary/aromatic N) is 1. The van der Waals surface area contributed by atoms with Crippen LogP contribution in [-0.4, -0.2) is 17.0 Å². The monoisotopic (exact) mass is 248 g/mol. The molecule has 0 spiro atoms. The summed E-state index contributed by atoms with van der Waals surface area (Å²) in [5.41, 5.74) is 0.949. The van der Waals surface area contributed by atoms with Crippen LogP contribution in [0.15, 0.2) is 12.3 Å². The van der Waals surface area contributed by atoms with Crippen molar-refractivity contribution in [2.45, 2.75) is 52.2 Å². The van der Waals surface area contributed by atoms with E-state index in [1.165, 1.54) is 0 Å². The van der Waals surface area contributed by atoms with Gasteiger partial charge < -0.3 is 10.1 Å². The quantitative estimate of drug-likeness (QED) is 0.832. The van der Waals surface area contributed by atoms with E-state index in [1.54, 1.807) is 6.20 Å². The van der Waals surface area contributed by atoms with Crippen LogP contribution in [0, 0.1) is 0 Å². The maximum absolute atomic E-state index is 12.0. The third kappa shape index (κ3) is 2.07. The van der Waals surface area contributed by atoms with Crippen LogP contribution in [0.25, 0.3) is 0 Å². The van der Waals surface area contributed by atoms with Crippen LogP contribution in [0.2, 0.25) is 0 Å². The molecule has 1 N–H and O–H groups in total. The second-order valence-corrected chi connectivity index (χ2v) is 5.14.